The molecule has 0 amide bonds. The average Bonchev–Trinajstić information content (AvgIpc) is 2.68. The van der Waals surface area contributed by atoms with Gasteiger partial charge in [-0.1, -0.05) is 40.5 Å². The van der Waals surface area contributed by atoms with Crippen LogP contribution in [0.4, 0.5) is 0 Å². The number of nitrogens with two attached hydrogens (primary N) is 2. The molecule has 28 heavy (non-hydrogen) atoms. The lowest BCUT2D eigenvalue weighted by atomic mass is 10.00. The molecule has 9 heteroatoms. The second kappa shape index (κ2) is 13.2. The van der Waals surface area contributed by atoms with Crippen molar-refractivity contribution in [3.63, 3.8) is 0 Å². The SMILES string of the molecule is CCOC(=O)CC(OC(=O)[C@@H](N)[C@@H](C)CC)C([C]=O)OC(=O)[C@@H](N)[C@@H](C)CC. The monoisotopic (exact) mass is 401 g/mol. The number of rotatable bonds is 13. The van der Waals surface area contributed by atoms with Crippen LogP contribution >= 0.6 is 0 Å². The molecule has 6 atom stereocenters. The summed E-state index contributed by atoms with van der Waals surface area (Å²) in [5, 5.41) is 0. The van der Waals surface area contributed by atoms with E-state index in [1.807, 2.05) is 13.8 Å². The van der Waals surface area contributed by atoms with Gasteiger partial charge in [0, 0.05) is 0 Å². The number of hydrogen-bond acceptors (Lipinski definition) is 9. The predicted octanol–water partition coefficient (Wildman–Crippen LogP) is 0.620. The summed E-state index contributed by atoms with van der Waals surface area (Å²) >= 11 is 0. The topological polar surface area (TPSA) is 148 Å². The fraction of sp³-hybridized carbons (Fsp3) is 0.789. The molecule has 2 unspecified atom stereocenters. The number of carbonyl (C=O) groups excluding carboxylic acids is 4. The van der Waals surface area contributed by atoms with Crippen LogP contribution in [0.3, 0.4) is 0 Å². The molecule has 0 saturated carbocycles. The third-order valence-electron chi connectivity index (χ3n) is 4.70. The van der Waals surface area contributed by atoms with Crippen molar-refractivity contribution < 1.29 is 33.4 Å². The van der Waals surface area contributed by atoms with E-state index in [1.54, 1.807) is 20.8 Å². The fourth-order valence-corrected chi connectivity index (χ4v) is 2.17. The van der Waals surface area contributed by atoms with Crippen molar-refractivity contribution in [3.8, 4) is 0 Å². The Labute approximate surface area is 166 Å². The van der Waals surface area contributed by atoms with Crippen LogP contribution in [0.25, 0.3) is 0 Å². The smallest absolute Gasteiger partial charge is 0.324 e. The highest BCUT2D eigenvalue weighted by molar-refractivity contribution is 5.80. The van der Waals surface area contributed by atoms with Crippen LogP contribution in [0.2, 0.25) is 0 Å². The lowest BCUT2D eigenvalue weighted by Gasteiger charge is -2.26. The van der Waals surface area contributed by atoms with Gasteiger partial charge in [-0.05, 0) is 18.8 Å². The molecule has 1 radical (unpaired) electrons. The number of hydrogen-bond donors (Lipinski definition) is 2. The molecule has 0 aliphatic carbocycles. The van der Waals surface area contributed by atoms with Crippen molar-refractivity contribution in [2.45, 2.75) is 78.2 Å². The highest BCUT2D eigenvalue weighted by Gasteiger charge is 2.35. The molecule has 0 heterocycles. The van der Waals surface area contributed by atoms with Gasteiger partial charge in [0.2, 0.25) is 12.4 Å². The van der Waals surface area contributed by atoms with Crippen LogP contribution < -0.4 is 11.5 Å². The zero-order valence-electron chi connectivity index (χ0n) is 17.3. The summed E-state index contributed by atoms with van der Waals surface area (Å²) in [4.78, 5) is 47.7. The minimum Gasteiger partial charge on any atom is -0.466 e. The van der Waals surface area contributed by atoms with E-state index in [2.05, 4.69) is 0 Å². The summed E-state index contributed by atoms with van der Waals surface area (Å²) in [7, 11) is 0. The van der Waals surface area contributed by atoms with Gasteiger partial charge in [-0.15, -0.1) is 0 Å². The van der Waals surface area contributed by atoms with Crippen molar-refractivity contribution in [1.82, 2.24) is 0 Å². The van der Waals surface area contributed by atoms with Crippen molar-refractivity contribution >= 4 is 24.2 Å². The van der Waals surface area contributed by atoms with Crippen LogP contribution in [0, 0.1) is 11.8 Å². The normalized spacial score (nSPS) is 17.4. The Kier molecular flexibility index (Phi) is 12.3. The van der Waals surface area contributed by atoms with E-state index in [-0.39, 0.29) is 18.4 Å². The van der Waals surface area contributed by atoms with Crippen molar-refractivity contribution in [2.24, 2.45) is 23.3 Å². The van der Waals surface area contributed by atoms with Crippen LogP contribution in [-0.4, -0.2) is 55.1 Å². The first-order valence-corrected chi connectivity index (χ1v) is 9.58. The van der Waals surface area contributed by atoms with Gasteiger partial charge >= 0.3 is 17.9 Å². The molecule has 9 nitrogen and oxygen atoms in total. The number of carbonyl (C=O) groups is 3. The standard InChI is InChI=1S/C19H33N2O7/c1-6-11(4)16(20)18(24)27-13(9-15(23)26-8-3)14(10-22)28-19(25)17(21)12(5)7-2/h11-14,16-17H,6-9,20-21H2,1-5H3/t11-,12-,13?,14?,16-,17-/m0/s1. The molecular weight excluding hydrogens is 368 g/mol. The number of esters is 3. The minimum atomic E-state index is -1.62. The molecule has 0 aliphatic heterocycles. The zero-order valence-corrected chi connectivity index (χ0v) is 17.3. The first kappa shape index (κ1) is 26.0. The van der Waals surface area contributed by atoms with Gasteiger partial charge in [0.25, 0.3) is 0 Å². The molecule has 0 rings (SSSR count). The third-order valence-corrected chi connectivity index (χ3v) is 4.70. The van der Waals surface area contributed by atoms with Gasteiger partial charge in [-0.25, -0.2) is 0 Å². The second-order valence-electron chi connectivity index (χ2n) is 6.78. The van der Waals surface area contributed by atoms with Gasteiger partial charge in [-0.2, -0.15) is 0 Å². The average molecular weight is 401 g/mol. The van der Waals surface area contributed by atoms with Crippen LogP contribution in [0.15, 0.2) is 0 Å². The van der Waals surface area contributed by atoms with E-state index in [0.717, 1.165) is 0 Å². The summed E-state index contributed by atoms with van der Waals surface area (Å²) in [5.74, 6) is -2.76. The van der Waals surface area contributed by atoms with Gasteiger partial charge in [0.05, 0.1) is 13.0 Å². The van der Waals surface area contributed by atoms with Crippen molar-refractivity contribution in [1.29, 1.82) is 0 Å². The van der Waals surface area contributed by atoms with Crippen LogP contribution in [-0.2, 0) is 33.4 Å². The Hall–Kier alpha value is -2.00. The zero-order chi connectivity index (χ0) is 21.9. The maximum absolute atomic E-state index is 12.3. The quantitative estimate of drug-likeness (QED) is 0.334. The van der Waals surface area contributed by atoms with Crippen molar-refractivity contribution in [3.05, 3.63) is 0 Å². The van der Waals surface area contributed by atoms with Crippen molar-refractivity contribution in [2.75, 3.05) is 6.61 Å². The van der Waals surface area contributed by atoms with E-state index in [4.69, 9.17) is 25.7 Å². The lowest BCUT2D eigenvalue weighted by Crippen LogP contribution is -2.47. The summed E-state index contributed by atoms with van der Waals surface area (Å²) in [6, 6.07) is -1.93. The van der Waals surface area contributed by atoms with Gasteiger partial charge in [0.1, 0.15) is 12.1 Å². The van der Waals surface area contributed by atoms with E-state index in [9.17, 15) is 19.2 Å². The molecule has 4 N–H and O–H groups in total. The highest BCUT2D eigenvalue weighted by atomic mass is 16.6. The molecule has 0 aromatic rings. The predicted molar refractivity (Wildman–Crippen MR) is 102 cm³/mol. The fourth-order valence-electron chi connectivity index (χ4n) is 2.17. The molecule has 0 saturated heterocycles. The molecular formula is C19H33N2O7. The van der Waals surface area contributed by atoms with Gasteiger partial charge in [-0.3, -0.25) is 19.2 Å². The lowest BCUT2D eigenvalue weighted by molar-refractivity contribution is -0.170. The van der Waals surface area contributed by atoms with Crippen LogP contribution in [0.5, 0.6) is 0 Å². The molecule has 0 fully saturated rings. The summed E-state index contributed by atoms with van der Waals surface area (Å²) in [6.07, 6.45) is -0.769. The summed E-state index contributed by atoms with van der Waals surface area (Å²) < 4.78 is 15.1. The Balaban J connectivity index is 5.37. The third kappa shape index (κ3) is 8.35. The highest BCUT2D eigenvalue weighted by Crippen LogP contribution is 2.15. The largest absolute Gasteiger partial charge is 0.466 e. The maximum Gasteiger partial charge on any atom is 0.324 e. The van der Waals surface area contributed by atoms with Gasteiger partial charge in [0.15, 0.2) is 6.10 Å². The Morgan fingerprint density at radius 1 is 0.893 bits per heavy atom. The molecule has 0 aromatic carbocycles. The van der Waals surface area contributed by atoms with E-state index < -0.39 is 48.6 Å². The maximum atomic E-state index is 12.3. The summed E-state index contributed by atoms with van der Waals surface area (Å²) in [5.41, 5.74) is 11.6. The molecule has 161 valence electrons. The molecule has 0 bridgehead atoms. The molecule has 0 aliphatic rings. The minimum absolute atomic E-state index is 0.0973. The van der Waals surface area contributed by atoms with Gasteiger partial charge < -0.3 is 25.7 Å². The van der Waals surface area contributed by atoms with Crippen LogP contribution in [0.1, 0.15) is 53.9 Å². The Morgan fingerprint density at radius 2 is 1.36 bits per heavy atom. The first-order valence-electron chi connectivity index (χ1n) is 9.58. The van der Waals surface area contributed by atoms with E-state index >= 15 is 0 Å². The molecule has 0 aromatic heterocycles. The van der Waals surface area contributed by atoms with E-state index in [1.165, 1.54) is 6.29 Å². The Bertz CT molecular complexity index is 526. The second-order valence-corrected chi connectivity index (χ2v) is 6.78. The summed E-state index contributed by atoms with van der Waals surface area (Å²) in [6.45, 7) is 8.93. The first-order chi connectivity index (χ1) is 13.1. The van der Waals surface area contributed by atoms with E-state index in [0.29, 0.717) is 12.8 Å². The molecule has 0 spiro atoms. The number of ether oxygens (including phenoxy) is 3. The Morgan fingerprint density at radius 3 is 1.75 bits per heavy atom.